The van der Waals surface area contributed by atoms with E-state index in [-0.39, 0.29) is 18.4 Å². The average Bonchev–Trinajstić information content (AvgIpc) is 3.57. The number of hydrogen-bond acceptors (Lipinski definition) is 8. The van der Waals surface area contributed by atoms with E-state index in [4.69, 9.17) is 20.8 Å². The number of benzene rings is 3. The number of methoxy groups -OCH3 is 1. The molecule has 9 nitrogen and oxygen atoms in total. The largest absolute Gasteiger partial charge is 0.497 e. The predicted molar refractivity (Wildman–Crippen MR) is 142 cm³/mol. The summed E-state index contributed by atoms with van der Waals surface area (Å²) in [6, 6.07) is 19.3. The van der Waals surface area contributed by atoms with Gasteiger partial charge in [0.25, 0.3) is 5.22 Å². The third-order valence-corrected chi connectivity index (χ3v) is 6.93. The van der Waals surface area contributed by atoms with Crippen molar-refractivity contribution < 1.29 is 13.9 Å². The van der Waals surface area contributed by atoms with Crippen LogP contribution in [0.5, 0.6) is 5.75 Å². The summed E-state index contributed by atoms with van der Waals surface area (Å²) < 4.78 is 12.7. The number of nitrogens with one attached hydrogen (secondary N) is 1. The van der Waals surface area contributed by atoms with E-state index in [1.165, 1.54) is 16.4 Å². The number of nitrogens with zero attached hydrogens (tertiary/aromatic N) is 5. The lowest BCUT2D eigenvalue weighted by atomic mass is 9.97. The van der Waals surface area contributed by atoms with E-state index < -0.39 is 0 Å². The first-order valence-electron chi connectivity index (χ1n) is 11.5. The highest BCUT2D eigenvalue weighted by atomic mass is 35.5. The maximum atomic E-state index is 12.3. The summed E-state index contributed by atoms with van der Waals surface area (Å²) in [5.74, 6) is 1.52. The Morgan fingerprint density at radius 1 is 1.11 bits per heavy atom. The molecule has 0 aliphatic carbocycles. The molecule has 2 aromatic heterocycles. The lowest BCUT2D eigenvalue weighted by molar-refractivity contribution is -0.116. The third kappa shape index (κ3) is 5.92. The van der Waals surface area contributed by atoms with Crippen LogP contribution >= 0.6 is 23.4 Å². The van der Waals surface area contributed by atoms with Crippen LogP contribution in [0.15, 0.2) is 76.5 Å². The van der Waals surface area contributed by atoms with Crippen molar-refractivity contribution in [1.82, 2.24) is 25.2 Å². The molecule has 37 heavy (non-hydrogen) atoms. The second-order valence-corrected chi connectivity index (χ2v) is 9.66. The zero-order chi connectivity index (χ0) is 25.8. The van der Waals surface area contributed by atoms with Crippen molar-refractivity contribution >= 4 is 45.7 Å². The summed E-state index contributed by atoms with van der Waals surface area (Å²) in [6.45, 7) is 2.05. The highest BCUT2D eigenvalue weighted by Gasteiger charge is 2.17. The topological polar surface area (TPSA) is 108 Å². The van der Waals surface area contributed by atoms with Crippen LogP contribution in [-0.2, 0) is 17.1 Å². The Hall–Kier alpha value is -3.89. The SMILES string of the molecule is COc1ccc2cc([C@H](C)c3nnc(SCc4cn(CC(=O)Nc5ccccc5Cl)nn4)o3)ccc2c1. The molecule has 11 heteroatoms. The molecule has 3 aromatic carbocycles. The van der Waals surface area contributed by atoms with Crippen molar-refractivity contribution in [2.75, 3.05) is 12.4 Å². The molecule has 0 aliphatic rings. The van der Waals surface area contributed by atoms with Crippen molar-refractivity contribution in [2.24, 2.45) is 0 Å². The van der Waals surface area contributed by atoms with Crippen LogP contribution in [0.4, 0.5) is 5.69 Å². The molecule has 5 aromatic rings. The van der Waals surface area contributed by atoms with Crippen molar-refractivity contribution in [2.45, 2.75) is 30.4 Å². The van der Waals surface area contributed by atoms with Crippen LogP contribution < -0.4 is 10.1 Å². The Morgan fingerprint density at radius 2 is 1.92 bits per heavy atom. The van der Waals surface area contributed by atoms with Crippen LogP contribution in [0, 0.1) is 0 Å². The van der Waals surface area contributed by atoms with E-state index in [9.17, 15) is 4.79 Å². The Bertz CT molecular complexity index is 1550. The van der Waals surface area contributed by atoms with Crippen LogP contribution in [0.1, 0.15) is 30.0 Å². The summed E-state index contributed by atoms with van der Waals surface area (Å²) in [5.41, 5.74) is 2.32. The molecule has 1 N–H and O–H groups in total. The zero-order valence-corrected chi connectivity index (χ0v) is 21.7. The summed E-state index contributed by atoms with van der Waals surface area (Å²) >= 11 is 7.45. The number of carbonyl (C=O) groups excluding carboxylic acids is 1. The third-order valence-electron chi connectivity index (χ3n) is 5.75. The second-order valence-electron chi connectivity index (χ2n) is 8.32. The number of thioether (sulfide) groups is 1. The van der Waals surface area contributed by atoms with Gasteiger partial charge in [0.05, 0.1) is 29.4 Å². The van der Waals surface area contributed by atoms with Gasteiger partial charge in [-0.05, 0) is 47.5 Å². The van der Waals surface area contributed by atoms with Gasteiger partial charge in [0, 0.05) is 11.9 Å². The molecular formula is C26H23ClN6O3S. The molecule has 2 heterocycles. The number of amides is 1. The Kier molecular flexibility index (Phi) is 7.38. The monoisotopic (exact) mass is 534 g/mol. The number of para-hydroxylation sites is 1. The molecule has 0 spiro atoms. The van der Waals surface area contributed by atoms with Crippen LogP contribution in [0.25, 0.3) is 10.8 Å². The van der Waals surface area contributed by atoms with E-state index in [0.29, 0.717) is 33.3 Å². The van der Waals surface area contributed by atoms with Gasteiger partial charge in [0.15, 0.2) is 0 Å². The van der Waals surface area contributed by atoms with Gasteiger partial charge >= 0.3 is 0 Å². The van der Waals surface area contributed by atoms with Gasteiger partial charge in [0.1, 0.15) is 12.3 Å². The molecule has 0 radical (unpaired) electrons. The number of rotatable bonds is 9. The summed E-state index contributed by atoms with van der Waals surface area (Å²) in [6.07, 6.45) is 1.71. The van der Waals surface area contributed by atoms with Gasteiger partial charge < -0.3 is 14.5 Å². The number of fused-ring (bicyclic) bond motifs is 1. The molecule has 0 fully saturated rings. The Morgan fingerprint density at radius 3 is 2.76 bits per heavy atom. The number of carbonyl (C=O) groups is 1. The number of halogens is 1. The molecule has 188 valence electrons. The first kappa shape index (κ1) is 24.8. The second kappa shape index (κ2) is 11.0. The molecule has 5 rings (SSSR count). The van der Waals surface area contributed by atoms with Crippen molar-refractivity contribution in [3.63, 3.8) is 0 Å². The maximum Gasteiger partial charge on any atom is 0.276 e. The normalized spacial score (nSPS) is 12.0. The summed E-state index contributed by atoms with van der Waals surface area (Å²) in [4.78, 5) is 12.3. The first-order valence-corrected chi connectivity index (χ1v) is 12.8. The highest BCUT2D eigenvalue weighted by molar-refractivity contribution is 7.98. The molecule has 0 saturated carbocycles. The fraction of sp³-hybridized carbons (Fsp3) is 0.192. The van der Waals surface area contributed by atoms with Crippen LogP contribution in [-0.4, -0.2) is 38.2 Å². The zero-order valence-electron chi connectivity index (χ0n) is 20.1. The number of aromatic nitrogens is 5. The molecule has 0 aliphatic heterocycles. The quantitative estimate of drug-likeness (QED) is 0.245. The predicted octanol–water partition coefficient (Wildman–Crippen LogP) is 5.56. The van der Waals surface area contributed by atoms with E-state index in [0.717, 1.165) is 22.1 Å². The van der Waals surface area contributed by atoms with Gasteiger partial charge in [0.2, 0.25) is 11.8 Å². The van der Waals surface area contributed by atoms with Crippen LogP contribution in [0.3, 0.4) is 0 Å². The van der Waals surface area contributed by atoms with E-state index in [1.807, 2.05) is 25.1 Å². The van der Waals surface area contributed by atoms with E-state index >= 15 is 0 Å². The Balaban J connectivity index is 1.17. The fourth-order valence-electron chi connectivity index (χ4n) is 3.75. The molecular weight excluding hydrogens is 512 g/mol. The smallest absolute Gasteiger partial charge is 0.276 e. The standard InChI is InChI=1S/C26H23ClN6O3S/c1-16(17-7-8-19-12-21(35-2)10-9-18(19)11-17)25-30-31-26(36-25)37-15-20-13-33(32-29-20)14-24(34)28-23-6-4-3-5-22(23)27/h3-13,16H,14-15H2,1-2H3,(H,28,34)/t16-/m0/s1. The number of anilines is 1. The average molecular weight is 535 g/mol. The Labute approximate surface area is 222 Å². The van der Waals surface area contributed by atoms with Gasteiger partial charge in [-0.15, -0.1) is 15.3 Å². The van der Waals surface area contributed by atoms with E-state index in [2.05, 4.69) is 44.0 Å². The molecule has 0 bridgehead atoms. The fourth-order valence-corrected chi connectivity index (χ4v) is 4.58. The van der Waals surface area contributed by atoms with Gasteiger partial charge in [-0.25, -0.2) is 4.68 Å². The van der Waals surface area contributed by atoms with Crippen LogP contribution in [0.2, 0.25) is 5.02 Å². The minimum Gasteiger partial charge on any atom is -0.497 e. The number of hydrogen-bond donors (Lipinski definition) is 1. The molecule has 1 amide bonds. The summed E-state index contributed by atoms with van der Waals surface area (Å²) in [5, 5.41) is 22.5. The molecule has 1 atom stereocenters. The highest BCUT2D eigenvalue weighted by Crippen LogP contribution is 2.30. The molecule has 0 unspecified atom stereocenters. The van der Waals surface area contributed by atoms with Crippen molar-refractivity contribution in [1.29, 1.82) is 0 Å². The first-order chi connectivity index (χ1) is 18.0. The molecule has 0 saturated heterocycles. The maximum absolute atomic E-state index is 12.3. The van der Waals surface area contributed by atoms with Gasteiger partial charge in [-0.3, -0.25) is 4.79 Å². The van der Waals surface area contributed by atoms with E-state index in [1.54, 1.807) is 37.6 Å². The number of ether oxygens (including phenoxy) is 1. The van der Waals surface area contributed by atoms with Gasteiger partial charge in [-0.1, -0.05) is 65.0 Å². The van der Waals surface area contributed by atoms with Crippen molar-refractivity contribution in [3.05, 3.63) is 89.0 Å². The lowest BCUT2D eigenvalue weighted by Crippen LogP contribution is -2.19. The minimum atomic E-state index is -0.249. The minimum absolute atomic E-state index is 0.0175. The van der Waals surface area contributed by atoms with Gasteiger partial charge in [-0.2, -0.15) is 0 Å². The van der Waals surface area contributed by atoms with Crippen molar-refractivity contribution in [3.8, 4) is 5.75 Å². The summed E-state index contributed by atoms with van der Waals surface area (Å²) in [7, 11) is 1.66. The lowest BCUT2D eigenvalue weighted by Gasteiger charge is -2.09.